The van der Waals surface area contributed by atoms with Gasteiger partial charge in [0, 0.05) is 28.2 Å². The number of rotatable bonds is 2. The zero-order valence-electron chi connectivity index (χ0n) is 11.6. The Morgan fingerprint density at radius 3 is 2.67 bits per heavy atom. The number of halogens is 1. The molecule has 0 saturated heterocycles. The van der Waals surface area contributed by atoms with Crippen LogP contribution in [0.15, 0.2) is 18.2 Å². The summed E-state index contributed by atoms with van der Waals surface area (Å²) < 4.78 is 13.4. The van der Waals surface area contributed by atoms with E-state index in [0.29, 0.717) is 28.1 Å². The number of anilines is 1. The summed E-state index contributed by atoms with van der Waals surface area (Å²) >= 11 is 0. The number of carbonyl (C=O) groups excluding carboxylic acids is 2. The Balaban J connectivity index is 2.15. The van der Waals surface area contributed by atoms with Gasteiger partial charge in [-0.1, -0.05) is 0 Å². The molecule has 1 amide bonds. The van der Waals surface area contributed by atoms with Gasteiger partial charge >= 0.3 is 0 Å². The lowest BCUT2D eigenvalue weighted by Gasteiger charge is -1.99. The van der Waals surface area contributed by atoms with E-state index in [4.69, 9.17) is 0 Å². The van der Waals surface area contributed by atoms with Crippen LogP contribution in [0, 0.1) is 19.7 Å². The van der Waals surface area contributed by atoms with E-state index < -0.39 is 5.82 Å². The maximum Gasteiger partial charge on any atom is 0.256 e. The molecule has 2 heterocycles. The summed E-state index contributed by atoms with van der Waals surface area (Å²) in [5.41, 5.74) is 4.27. The Labute approximate surface area is 120 Å². The Bertz CT molecular complexity index is 803. The maximum absolute atomic E-state index is 13.4. The fourth-order valence-corrected chi connectivity index (χ4v) is 2.56. The lowest BCUT2D eigenvalue weighted by atomic mass is 10.0. The Morgan fingerprint density at radius 1 is 1.24 bits per heavy atom. The fraction of sp³-hybridized carbons (Fsp3) is 0.125. The second kappa shape index (κ2) is 4.70. The number of benzene rings is 1. The molecule has 0 unspecified atom stereocenters. The highest BCUT2D eigenvalue weighted by atomic mass is 19.1. The van der Waals surface area contributed by atoms with Gasteiger partial charge in [0.05, 0.1) is 5.57 Å². The standard InChI is InChI=1S/C16H13FN2O2/c1-8-13(7-20)9(2)18-15(8)6-12-11-5-10(17)3-4-14(11)19-16(12)21/h3-7,18H,1-2H3,(H,19,21)/b12-6-. The molecule has 5 heteroatoms. The Kier molecular flexibility index (Phi) is 2.97. The van der Waals surface area contributed by atoms with Crippen molar-refractivity contribution < 1.29 is 14.0 Å². The highest BCUT2D eigenvalue weighted by Gasteiger charge is 2.25. The molecule has 3 rings (SSSR count). The number of H-pyrrole nitrogens is 1. The molecule has 0 aliphatic carbocycles. The third-order valence-electron chi connectivity index (χ3n) is 3.71. The maximum atomic E-state index is 13.4. The number of aromatic nitrogens is 1. The summed E-state index contributed by atoms with van der Waals surface area (Å²) in [5.74, 6) is -0.681. The summed E-state index contributed by atoms with van der Waals surface area (Å²) in [6, 6.07) is 4.16. The van der Waals surface area contributed by atoms with Crippen LogP contribution in [0.25, 0.3) is 11.6 Å². The summed E-state index contributed by atoms with van der Waals surface area (Å²) in [6.45, 7) is 3.60. The molecular formula is C16H13FN2O2. The third kappa shape index (κ3) is 2.07. The van der Waals surface area contributed by atoms with Crippen LogP contribution in [-0.2, 0) is 4.79 Å². The van der Waals surface area contributed by atoms with E-state index >= 15 is 0 Å². The first-order chi connectivity index (χ1) is 10.0. The highest BCUT2D eigenvalue weighted by molar-refractivity contribution is 6.34. The van der Waals surface area contributed by atoms with Crippen molar-refractivity contribution in [3.05, 3.63) is 52.1 Å². The molecule has 106 valence electrons. The van der Waals surface area contributed by atoms with Gasteiger partial charge in [-0.05, 0) is 43.7 Å². The molecule has 4 nitrogen and oxygen atoms in total. The normalized spacial score (nSPS) is 15.2. The van der Waals surface area contributed by atoms with Gasteiger partial charge in [0.1, 0.15) is 5.82 Å². The van der Waals surface area contributed by atoms with Crippen LogP contribution < -0.4 is 5.32 Å². The first-order valence-corrected chi connectivity index (χ1v) is 6.48. The van der Waals surface area contributed by atoms with Crippen molar-refractivity contribution >= 4 is 29.5 Å². The van der Waals surface area contributed by atoms with Gasteiger partial charge in [-0.15, -0.1) is 0 Å². The Morgan fingerprint density at radius 2 is 2.00 bits per heavy atom. The molecule has 2 aromatic rings. The third-order valence-corrected chi connectivity index (χ3v) is 3.71. The van der Waals surface area contributed by atoms with Crippen LogP contribution in [0.5, 0.6) is 0 Å². The van der Waals surface area contributed by atoms with Gasteiger partial charge in [-0.2, -0.15) is 0 Å². The number of aromatic amines is 1. The zero-order chi connectivity index (χ0) is 15.1. The number of carbonyl (C=O) groups is 2. The summed E-state index contributed by atoms with van der Waals surface area (Å²) in [4.78, 5) is 26.1. The van der Waals surface area contributed by atoms with Crippen molar-refractivity contribution in [1.29, 1.82) is 0 Å². The van der Waals surface area contributed by atoms with Crippen molar-refractivity contribution in [2.45, 2.75) is 13.8 Å². The minimum absolute atomic E-state index is 0.282. The van der Waals surface area contributed by atoms with Crippen molar-refractivity contribution in [3.8, 4) is 0 Å². The van der Waals surface area contributed by atoms with Gasteiger partial charge in [-0.3, -0.25) is 9.59 Å². The van der Waals surface area contributed by atoms with Crippen molar-refractivity contribution in [3.63, 3.8) is 0 Å². The number of fused-ring (bicyclic) bond motifs is 1. The number of hydrogen-bond donors (Lipinski definition) is 2. The lowest BCUT2D eigenvalue weighted by Crippen LogP contribution is -2.03. The summed E-state index contributed by atoms with van der Waals surface area (Å²) in [7, 11) is 0. The largest absolute Gasteiger partial charge is 0.358 e. The number of hydrogen-bond acceptors (Lipinski definition) is 2. The molecule has 2 N–H and O–H groups in total. The summed E-state index contributed by atoms with van der Waals surface area (Å²) in [5, 5.41) is 2.69. The van der Waals surface area contributed by atoms with Gasteiger partial charge < -0.3 is 10.3 Å². The van der Waals surface area contributed by atoms with Gasteiger partial charge in [0.15, 0.2) is 6.29 Å². The average Bonchev–Trinajstić information content (AvgIpc) is 2.88. The highest BCUT2D eigenvalue weighted by Crippen LogP contribution is 2.34. The molecule has 0 bridgehead atoms. The molecule has 0 fully saturated rings. The Hall–Kier alpha value is -2.69. The second-order valence-electron chi connectivity index (χ2n) is 5.02. The zero-order valence-corrected chi connectivity index (χ0v) is 11.6. The lowest BCUT2D eigenvalue weighted by molar-refractivity contribution is -0.110. The van der Waals surface area contributed by atoms with Gasteiger partial charge in [0.25, 0.3) is 5.91 Å². The first-order valence-electron chi connectivity index (χ1n) is 6.48. The van der Waals surface area contributed by atoms with E-state index in [1.807, 2.05) is 0 Å². The second-order valence-corrected chi connectivity index (χ2v) is 5.02. The van der Waals surface area contributed by atoms with Crippen LogP contribution >= 0.6 is 0 Å². The van der Waals surface area contributed by atoms with E-state index in [0.717, 1.165) is 17.5 Å². The molecular weight excluding hydrogens is 271 g/mol. The molecule has 0 spiro atoms. The number of aryl methyl sites for hydroxylation is 1. The van der Waals surface area contributed by atoms with E-state index in [1.54, 1.807) is 19.9 Å². The molecule has 21 heavy (non-hydrogen) atoms. The number of amides is 1. The quantitative estimate of drug-likeness (QED) is 0.657. The van der Waals surface area contributed by atoms with Crippen molar-refractivity contribution in [2.75, 3.05) is 5.32 Å². The van der Waals surface area contributed by atoms with E-state index in [9.17, 15) is 14.0 Å². The van der Waals surface area contributed by atoms with Crippen molar-refractivity contribution in [2.24, 2.45) is 0 Å². The molecule has 1 aliphatic heterocycles. The molecule has 0 atom stereocenters. The molecule has 0 radical (unpaired) electrons. The number of nitrogens with one attached hydrogen (secondary N) is 2. The molecule has 1 aromatic heterocycles. The SMILES string of the molecule is Cc1[nH]c(/C=C2\C(=O)Nc3ccc(F)cc32)c(C)c1C=O. The van der Waals surface area contributed by atoms with Crippen LogP contribution in [0.1, 0.15) is 32.9 Å². The van der Waals surface area contributed by atoms with Crippen LogP contribution in [-0.4, -0.2) is 17.2 Å². The topological polar surface area (TPSA) is 62.0 Å². The van der Waals surface area contributed by atoms with Crippen molar-refractivity contribution in [1.82, 2.24) is 4.98 Å². The van der Waals surface area contributed by atoms with Gasteiger partial charge in [-0.25, -0.2) is 4.39 Å². The predicted molar refractivity (Wildman–Crippen MR) is 78.6 cm³/mol. The first kappa shape index (κ1) is 13.3. The van der Waals surface area contributed by atoms with E-state index in [2.05, 4.69) is 10.3 Å². The molecule has 0 saturated carbocycles. The van der Waals surface area contributed by atoms with Crippen LogP contribution in [0.4, 0.5) is 10.1 Å². The van der Waals surface area contributed by atoms with Crippen LogP contribution in [0.3, 0.4) is 0 Å². The molecule has 1 aliphatic rings. The monoisotopic (exact) mass is 284 g/mol. The molecule has 1 aromatic carbocycles. The average molecular weight is 284 g/mol. The predicted octanol–water partition coefficient (Wildman–Crippen LogP) is 3.08. The van der Waals surface area contributed by atoms with E-state index in [1.165, 1.54) is 18.2 Å². The fourth-order valence-electron chi connectivity index (χ4n) is 2.56. The minimum Gasteiger partial charge on any atom is -0.358 e. The summed E-state index contributed by atoms with van der Waals surface area (Å²) in [6.07, 6.45) is 2.43. The number of aldehydes is 1. The van der Waals surface area contributed by atoms with Crippen LogP contribution in [0.2, 0.25) is 0 Å². The minimum atomic E-state index is -0.399. The van der Waals surface area contributed by atoms with Gasteiger partial charge in [0.2, 0.25) is 0 Å². The smallest absolute Gasteiger partial charge is 0.256 e. The van der Waals surface area contributed by atoms with E-state index in [-0.39, 0.29) is 5.91 Å².